The molecule has 0 spiro atoms. The standard InChI is InChI=1S/C11H23N3O/c1-3-10(8-11(12)13-15)14-7-5-4-6-9(14)2/h9-10,15H,3-8H2,1-2H3,(H2,12,13). The summed E-state index contributed by atoms with van der Waals surface area (Å²) < 4.78 is 0. The summed E-state index contributed by atoms with van der Waals surface area (Å²) in [4.78, 5) is 2.50. The molecule has 0 amide bonds. The molecule has 4 nitrogen and oxygen atoms in total. The lowest BCUT2D eigenvalue weighted by Gasteiger charge is -2.39. The van der Waals surface area contributed by atoms with Crippen LogP contribution in [0.2, 0.25) is 0 Å². The lowest BCUT2D eigenvalue weighted by molar-refractivity contribution is 0.105. The van der Waals surface area contributed by atoms with Gasteiger partial charge in [-0.2, -0.15) is 0 Å². The SMILES string of the molecule is CCC(C/C(N)=N/O)N1CCCCC1C. The largest absolute Gasteiger partial charge is 0.409 e. The summed E-state index contributed by atoms with van der Waals surface area (Å²) in [5, 5.41) is 11.7. The first-order chi connectivity index (χ1) is 7.19. The fourth-order valence-electron chi connectivity index (χ4n) is 2.44. The smallest absolute Gasteiger partial charge is 0.140 e. The average Bonchev–Trinajstić information content (AvgIpc) is 2.26. The minimum absolute atomic E-state index is 0.347. The molecule has 1 heterocycles. The van der Waals surface area contributed by atoms with E-state index >= 15 is 0 Å². The molecule has 1 aliphatic heterocycles. The molecule has 0 aromatic rings. The second-order valence-electron chi connectivity index (χ2n) is 4.44. The summed E-state index contributed by atoms with van der Waals surface area (Å²) in [7, 11) is 0. The van der Waals surface area contributed by atoms with Gasteiger partial charge in [0.1, 0.15) is 5.84 Å². The first-order valence-corrected chi connectivity index (χ1v) is 5.91. The molecule has 1 fully saturated rings. The van der Waals surface area contributed by atoms with E-state index in [0.717, 1.165) is 13.0 Å². The van der Waals surface area contributed by atoms with Gasteiger partial charge in [-0.15, -0.1) is 0 Å². The predicted molar refractivity (Wildman–Crippen MR) is 62.1 cm³/mol. The maximum Gasteiger partial charge on any atom is 0.140 e. The Kier molecular flexibility index (Phi) is 4.88. The van der Waals surface area contributed by atoms with E-state index in [2.05, 4.69) is 23.9 Å². The summed E-state index contributed by atoms with van der Waals surface area (Å²) in [6.45, 7) is 5.59. The monoisotopic (exact) mass is 213 g/mol. The van der Waals surface area contributed by atoms with E-state index in [-0.39, 0.29) is 0 Å². The van der Waals surface area contributed by atoms with Crippen molar-refractivity contribution in [1.29, 1.82) is 0 Å². The van der Waals surface area contributed by atoms with Gasteiger partial charge in [0.05, 0.1) is 0 Å². The number of nitrogens with zero attached hydrogens (tertiary/aromatic N) is 2. The van der Waals surface area contributed by atoms with Gasteiger partial charge in [0, 0.05) is 18.5 Å². The van der Waals surface area contributed by atoms with Crippen LogP contribution in [0.25, 0.3) is 0 Å². The van der Waals surface area contributed by atoms with Crippen LogP contribution in [-0.2, 0) is 0 Å². The van der Waals surface area contributed by atoms with Crippen LogP contribution in [0.5, 0.6) is 0 Å². The molecule has 15 heavy (non-hydrogen) atoms. The predicted octanol–water partition coefficient (Wildman–Crippen LogP) is 1.78. The van der Waals surface area contributed by atoms with Crippen LogP contribution in [0.4, 0.5) is 0 Å². The molecule has 0 saturated carbocycles. The van der Waals surface area contributed by atoms with Gasteiger partial charge in [0.25, 0.3) is 0 Å². The van der Waals surface area contributed by atoms with E-state index in [1.165, 1.54) is 19.3 Å². The summed E-state index contributed by atoms with van der Waals surface area (Å²) in [5.74, 6) is 0.347. The highest BCUT2D eigenvalue weighted by molar-refractivity contribution is 5.80. The van der Waals surface area contributed by atoms with Crippen LogP contribution < -0.4 is 5.73 Å². The second kappa shape index (κ2) is 5.95. The Morgan fingerprint density at radius 2 is 2.33 bits per heavy atom. The van der Waals surface area contributed by atoms with Crippen molar-refractivity contribution in [2.45, 2.75) is 58.0 Å². The molecule has 4 heteroatoms. The highest BCUT2D eigenvalue weighted by atomic mass is 16.4. The normalized spacial score (nSPS) is 26.5. The van der Waals surface area contributed by atoms with Crippen LogP contribution in [0.15, 0.2) is 5.16 Å². The third-order valence-electron chi connectivity index (χ3n) is 3.37. The zero-order chi connectivity index (χ0) is 11.3. The highest BCUT2D eigenvalue weighted by Crippen LogP contribution is 2.22. The maximum atomic E-state index is 8.59. The topological polar surface area (TPSA) is 61.9 Å². The first-order valence-electron chi connectivity index (χ1n) is 5.91. The number of piperidine rings is 1. The van der Waals surface area contributed by atoms with Crippen molar-refractivity contribution in [3.8, 4) is 0 Å². The number of hydrogen-bond acceptors (Lipinski definition) is 3. The number of nitrogens with two attached hydrogens (primary N) is 1. The van der Waals surface area contributed by atoms with E-state index in [4.69, 9.17) is 10.9 Å². The van der Waals surface area contributed by atoms with Crippen LogP contribution in [0, 0.1) is 0 Å². The van der Waals surface area contributed by atoms with Crippen molar-refractivity contribution >= 4 is 5.84 Å². The Balaban J connectivity index is 2.55. The van der Waals surface area contributed by atoms with E-state index < -0.39 is 0 Å². The van der Waals surface area contributed by atoms with E-state index in [1.807, 2.05) is 0 Å². The molecular formula is C11H23N3O. The van der Waals surface area contributed by atoms with Gasteiger partial charge >= 0.3 is 0 Å². The number of oxime groups is 1. The Labute approximate surface area is 92.1 Å². The zero-order valence-electron chi connectivity index (χ0n) is 9.82. The van der Waals surface area contributed by atoms with Crippen molar-refractivity contribution < 1.29 is 5.21 Å². The molecule has 0 aromatic carbocycles. The minimum Gasteiger partial charge on any atom is -0.409 e. The van der Waals surface area contributed by atoms with E-state index in [1.54, 1.807) is 0 Å². The molecule has 0 bridgehead atoms. The zero-order valence-corrected chi connectivity index (χ0v) is 9.82. The fraction of sp³-hybridized carbons (Fsp3) is 0.909. The third kappa shape index (κ3) is 3.38. The summed E-state index contributed by atoms with van der Waals surface area (Å²) >= 11 is 0. The average molecular weight is 213 g/mol. The number of amidine groups is 1. The Bertz CT molecular complexity index is 218. The quantitative estimate of drug-likeness (QED) is 0.324. The number of hydrogen-bond donors (Lipinski definition) is 2. The van der Waals surface area contributed by atoms with Gasteiger partial charge in [-0.25, -0.2) is 0 Å². The lowest BCUT2D eigenvalue weighted by Crippen LogP contribution is -2.46. The third-order valence-corrected chi connectivity index (χ3v) is 3.37. The van der Waals surface area contributed by atoms with Crippen LogP contribution >= 0.6 is 0 Å². The van der Waals surface area contributed by atoms with E-state index in [9.17, 15) is 0 Å². The number of rotatable bonds is 4. The Morgan fingerprint density at radius 1 is 1.60 bits per heavy atom. The molecule has 2 atom stereocenters. The Morgan fingerprint density at radius 3 is 2.87 bits per heavy atom. The minimum atomic E-state index is 0.347. The van der Waals surface area contributed by atoms with Gasteiger partial charge in [0.2, 0.25) is 0 Å². The van der Waals surface area contributed by atoms with Gasteiger partial charge in [-0.1, -0.05) is 18.5 Å². The van der Waals surface area contributed by atoms with Crippen molar-refractivity contribution in [2.75, 3.05) is 6.54 Å². The number of likely N-dealkylation sites (tertiary alicyclic amines) is 1. The van der Waals surface area contributed by atoms with Crippen LogP contribution in [0.3, 0.4) is 0 Å². The molecule has 1 saturated heterocycles. The van der Waals surface area contributed by atoms with Crippen LogP contribution in [0.1, 0.15) is 46.0 Å². The van der Waals surface area contributed by atoms with Crippen molar-refractivity contribution in [3.05, 3.63) is 0 Å². The molecular weight excluding hydrogens is 190 g/mol. The van der Waals surface area contributed by atoms with Crippen LogP contribution in [-0.4, -0.2) is 34.6 Å². The van der Waals surface area contributed by atoms with Gasteiger partial charge < -0.3 is 10.9 Å². The molecule has 1 aliphatic rings. The molecule has 0 aromatic heterocycles. The molecule has 3 N–H and O–H groups in total. The first kappa shape index (κ1) is 12.3. The van der Waals surface area contributed by atoms with Gasteiger partial charge in [0.15, 0.2) is 0 Å². The summed E-state index contributed by atoms with van der Waals surface area (Å²) in [6.07, 6.45) is 5.61. The molecule has 1 rings (SSSR count). The highest BCUT2D eigenvalue weighted by Gasteiger charge is 2.25. The van der Waals surface area contributed by atoms with Crippen molar-refractivity contribution in [2.24, 2.45) is 10.9 Å². The van der Waals surface area contributed by atoms with Gasteiger partial charge in [-0.3, -0.25) is 4.90 Å². The Hall–Kier alpha value is -0.770. The molecule has 0 radical (unpaired) electrons. The molecule has 88 valence electrons. The summed E-state index contributed by atoms with van der Waals surface area (Å²) in [5.41, 5.74) is 5.57. The van der Waals surface area contributed by atoms with E-state index in [0.29, 0.717) is 24.3 Å². The fourth-order valence-corrected chi connectivity index (χ4v) is 2.44. The molecule has 2 unspecified atom stereocenters. The lowest BCUT2D eigenvalue weighted by atomic mass is 9.98. The van der Waals surface area contributed by atoms with Crippen molar-refractivity contribution in [1.82, 2.24) is 4.90 Å². The van der Waals surface area contributed by atoms with Crippen molar-refractivity contribution in [3.63, 3.8) is 0 Å². The maximum absolute atomic E-state index is 8.59. The molecule has 0 aliphatic carbocycles. The summed E-state index contributed by atoms with van der Waals surface area (Å²) in [6, 6.07) is 1.06. The van der Waals surface area contributed by atoms with Gasteiger partial charge in [-0.05, 0) is 32.7 Å². The second-order valence-corrected chi connectivity index (χ2v) is 4.44.